The molecule has 8 heteroatoms. The summed E-state index contributed by atoms with van der Waals surface area (Å²) in [6.45, 7) is 8.31. The number of nitrogens with one attached hydrogen (secondary N) is 2. The number of urea groups is 1. The van der Waals surface area contributed by atoms with E-state index in [0.717, 1.165) is 16.8 Å². The van der Waals surface area contributed by atoms with Crippen LogP contribution in [0.5, 0.6) is 0 Å². The van der Waals surface area contributed by atoms with Gasteiger partial charge in [0.1, 0.15) is 0 Å². The van der Waals surface area contributed by atoms with Crippen molar-refractivity contribution in [2.75, 3.05) is 48.7 Å². The van der Waals surface area contributed by atoms with Crippen molar-refractivity contribution < 1.29 is 13.2 Å². The average molecular weight is 431 g/mol. The number of nitrogens with zero attached hydrogens (tertiary/aromatic N) is 2. The fourth-order valence-electron chi connectivity index (χ4n) is 3.47. The molecule has 0 spiro atoms. The van der Waals surface area contributed by atoms with Gasteiger partial charge < -0.3 is 15.5 Å². The standard InChI is InChI=1S/C22H30N4O3S/c1-17-5-4-6-21(15-17)25-10-12-26(13-11-25)30(28,29)14-9-23-22(27)24-20-8-7-18(2)19(3)16-20/h4-8,15-16H,9-14H2,1-3H3,(H2,23,24,27). The van der Waals surface area contributed by atoms with E-state index in [2.05, 4.69) is 27.7 Å². The molecule has 0 saturated carbocycles. The van der Waals surface area contributed by atoms with Gasteiger partial charge in [-0.25, -0.2) is 13.2 Å². The van der Waals surface area contributed by atoms with Crippen molar-refractivity contribution in [2.24, 2.45) is 0 Å². The number of benzene rings is 2. The molecule has 30 heavy (non-hydrogen) atoms. The number of rotatable bonds is 6. The third-order valence-corrected chi connectivity index (χ3v) is 7.28. The Balaban J connectivity index is 1.45. The van der Waals surface area contributed by atoms with E-state index < -0.39 is 16.1 Å². The maximum absolute atomic E-state index is 12.6. The number of amides is 2. The summed E-state index contributed by atoms with van der Waals surface area (Å²) < 4.78 is 26.8. The molecule has 0 atom stereocenters. The minimum Gasteiger partial charge on any atom is -0.369 e. The van der Waals surface area contributed by atoms with E-state index in [0.29, 0.717) is 31.9 Å². The van der Waals surface area contributed by atoms with Crippen molar-refractivity contribution in [1.82, 2.24) is 9.62 Å². The lowest BCUT2D eigenvalue weighted by Gasteiger charge is -2.35. The maximum Gasteiger partial charge on any atom is 0.319 e. The van der Waals surface area contributed by atoms with Gasteiger partial charge >= 0.3 is 6.03 Å². The first-order valence-electron chi connectivity index (χ1n) is 10.2. The van der Waals surface area contributed by atoms with E-state index in [-0.39, 0.29) is 12.3 Å². The monoisotopic (exact) mass is 430 g/mol. The Bertz CT molecular complexity index is 999. The molecule has 7 nitrogen and oxygen atoms in total. The van der Waals surface area contributed by atoms with Gasteiger partial charge in [-0.15, -0.1) is 0 Å². The third-order valence-electron chi connectivity index (χ3n) is 5.41. The molecule has 1 aliphatic rings. The molecule has 3 rings (SSSR count). The molecule has 2 amide bonds. The van der Waals surface area contributed by atoms with Crippen LogP contribution in [0.3, 0.4) is 0 Å². The summed E-state index contributed by atoms with van der Waals surface area (Å²) >= 11 is 0. The van der Waals surface area contributed by atoms with Crippen LogP contribution in [0.1, 0.15) is 16.7 Å². The molecule has 1 heterocycles. The normalized spacial score (nSPS) is 15.1. The second kappa shape index (κ2) is 9.49. The highest BCUT2D eigenvalue weighted by molar-refractivity contribution is 7.89. The average Bonchev–Trinajstić information content (AvgIpc) is 2.71. The summed E-state index contributed by atoms with van der Waals surface area (Å²) in [5.74, 6) is -0.113. The highest BCUT2D eigenvalue weighted by Gasteiger charge is 2.26. The van der Waals surface area contributed by atoms with Crippen LogP contribution in [0, 0.1) is 20.8 Å². The van der Waals surface area contributed by atoms with Crippen LogP contribution in [-0.2, 0) is 10.0 Å². The highest BCUT2D eigenvalue weighted by atomic mass is 32.2. The second-order valence-electron chi connectivity index (χ2n) is 7.72. The van der Waals surface area contributed by atoms with Gasteiger partial charge in [0, 0.05) is 44.1 Å². The van der Waals surface area contributed by atoms with Crippen molar-refractivity contribution in [2.45, 2.75) is 20.8 Å². The summed E-state index contributed by atoms with van der Waals surface area (Å²) in [5, 5.41) is 5.37. The van der Waals surface area contributed by atoms with Crippen LogP contribution < -0.4 is 15.5 Å². The van der Waals surface area contributed by atoms with Gasteiger partial charge in [-0.1, -0.05) is 18.2 Å². The maximum atomic E-state index is 12.6. The predicted octanol–water partition coefficient (Wildman–Crippen LogP) is 2.89. The number of aryl methyl sites for hydroxylation is 3. The second-order valence-corrected chi connectivity index (χ2v) is 9.81. The molecule has 0 bridgehead atoms. The van der Waals surface area contributed by atoms with E-state index in [1.54, 1.807) is 0 Å². The van der Waals surface area contributed by atoms with E-state index in [9.17, 15) is 13.2 Å². The van der Waals surface area contributed by atoms with E-state index in [1.165, 1.54) is 9.87 Å². The van der Waals surface area contributed by atoms with Crippen molar-refractivity contribution in [3.05, 3.63) is 59.2 Å². The molecular weight excluding hydrogens is 400 g/mol. The SMILES string of the molecule is Cc1cccc(N2CCN(S(=O)(=O)CCNC(=O)Nc3ccc(C)c(C)c3)CC2)c1. The topological polar surface area (TPSA) is 81.8 Å². The van der Waals surface area contributed by atoms with E-state index in [1.807, 2.05) is 51.1 Å². The third kappa shape index (κ3) is 5.73. The summed E-state index contributed by atoms with van der Waals surface area (Å²) in [7, 11) is -3.41. The molecule has 0 unspecified atom stereocenters. The van der Waals surface area contributed by atoms with Gasteiger partial charge in [-0.3, -0.25) is 0 Å². The fraction of sp³-hybridized carbons (Fsp3) is 0.409. The molecule has 0 radical (unpaired) electrons. The Morgan fingerprint density at radius 1 is 0.967 bits per heavy atom. The van der Waals surface area contributed by atoms with Crippen LogP contribution in [0.2, 0.25) is 0 Å². The summed E-state index contributed by atoms with van der Waals surface area (Å²) in [4.78, 5) is 14.3. The number of hydrogen-bond acceptors (Lipinski definition) is 4. The molecule has 2 aromatic carbocycles. The smallest absolute Gasteiger partial charge is 0.319 e. The number of hydrogen-bond donors (Lipinski definition) is 2. The Morgan fingerprint density at radius 2 is 1.70 bits per heavy atom. The zero-order valence-corrected chi connectivity index (χ0v) is 18.6. The van der Waals surface area contributed by atoms with Crippen molar-refractivity contribution >= 4 is 27.4 Å². The Labute approximate surface area is 179 Å². The lowest BCUT2D eigenvalue weighted by Crippen LogP contribution is -2.50. The molecule has 0 aliphatic carbocycles. The van der Waals surface area contributed by atoms with Crippen LogP contribution in [0.4, 0.5) is 16.2 Å². The number of carbonyl (C=O) groups excluding carboxylic acids is 1. The van der Waals surface area contributed by atoms with Crippen LogP contribution in [0.25, 0.3) is 0 Å². The minimum absolute atomic E-state index is 0.0666. The van der Waals surface area contributed by atoms with Gasteiger partial charge in [-0.05, 0) is 61.7 Å². The zero-order chi connectivity index (χ0) is 21.7. The van der Waals surface area contributed by atoms with Gasteiger partial charge in [0.2, 0.25) is 10.0 Å². The predicted molar refractivity (Wildman–Crippen MR) is 122 cm³/mol. The summed E-state index contributed by atoms with van der Waals surface area (Å²) in [5.41, 5.74) is 5.23. The Morgan fingerprint density at radius 3 is 2.37 bits per heavy atom. The molecule has 1 aliphatic heterocycles. The van der Waals surface area contributed by atoms with E-state index in [4.69, 9.17) is 0 Å². The number of sulfonamides is 1. The summed E-state index contributed by atoms with van der Waals surface area (Å²) in [6, 6.07) is 13.5. The first kappa shape index (κ1) is 22.1. The largest absolute Gasteiger partial charge is 0.369 e. The molecule has 0 aromatic heterocycles. The van der Waals surface area contributed by atoms with Crippen LogP contribution in [-0.4, -0.2) is 57.2 Å². The van der Waals surface area contributed by atoms with Crippen molar-refractivity contribution in [3.8, 4) is 0 Å². The van der Waals surface area contributed by atoms with Crippen molar-refractivity contribution in [1.29, 1.82) is 0 Å². The highest BCUT2D eigenvalue weighted by Crippen LogP contribution is 2.19. The molecule has 1 fully saturated rings. The molecular formula is C22H30N4O3S. The lowest BCUT2D eigenvalue weighted by molar-refractivity contribution is 0.252. The quantitative estimate of drug-likeness (QED) is 0.738. The van der Waals surface area contributed by atoms with Gasteiger partial charge in [0.25, 0.3) is 0 Å². The first-order valence-corrected chi connectivity index (χ1v) is 11.8. The number of anilines is 2. The van der Waals surface area contributed by atoms with Gasteiger partial charge in [0.15, 0.2) is 0 Å². The number of carbonyl (C=O) groups is 1. The summed E-state index contributed by atoms with van der Waals surface area (Å²) in [6.07, 6.45) is 0. The van der Waals surface area contributed by atoms with Gasteiger partial charge in [0.05, 0.1) is 5.75 Å². The Kier molecular flexibility index (Phi) is 6.99. The van der Waals surface area contributed by atoms with Crippen LogP contribution >= 0.6 is 0 Å². The molecule has 1 saturated heterocycles. The fourth-order valence-corrected chi connectivity index (χ4v) is 4.80. The number of piperazine rings is 1. The Hall–Kier alpha value is -2.58. The van der Waals surface area contributed by atoms with E-state index >= 15 is 0 Å². The van der Waals surface area contributed by atoms with Gasteiger partial charge in [-0.2, -0.15) is 4.31 Å². The zero-order valence-electron chi connectivity index (χ0n) is 17.8. The first-order chi connectivity index (χ1) is 14.2. The van der Waals surface area contributed by atoms with Crippen molar-refractivity contribution in [3.63, 3.8) is 0 Å². The lowest BCUT2D eigenvalue weighted by atomic mass is 10.1. The molecule has 2 aromatic rings. The molecule has 2 N–H and O–H groups in total. The minimum atomic E-state index is -3.41. The van der Waals surface area contributed by atoms with Crippen LogP contribution in [0.15, 0.2) is 42.5 Å². The molecule has 162 valence electrons.